The molecule has 1 heterocycles. The predicted molar refractivity (Wildman–Crippen MR) is 141 cm³/mol. The van der Waals surface area contributed by atoms with Crippen LogP contribution in [-0.2, 0) is 13.0 Å². The first-order chi connectivity index (χ1) is 16.5. The van der Waals surface area contributed by atoms with Crippen LogP contribution in [0.15, 0.2) is 71.2 Å². The summed E-state index contributed by atoms with van der Waals surface area (Å²) in [7, 11) is 0. The molecule has 1 aromatic heterocycles. The first kappa shape index (κ1) is 24.0. The lowest BCUT2D eigenvalue weighted by Crippen LogP contribution is -2.25. The fraction of sp³-hybridized carbons (Fsp3) is 0.286. The normalized spacial score (nSPS) is 11.0. The van der Waals surface area contributed by atoms with E-state index in [9.17, 15) is 4.79 Å². The summed E-state index contributed by atoms with van der Waals surface area (Å²) in [4.78, 5) is 17.2. The van der Waals surface area contributed by atoms with Crippen LogP contribution >= 0.6 is 15.9 Å². The monoisotopic (exact) mass is 519 g/mol. The van der Waals surface area contributed by atoms with Crippen LogP contribution in [0.1, 0.15) is 40.2 Å². The number of carbonyl (C=O) groups is 1. The molecule has 176 valence electrons. The molecule has 0 bridgehead atoms. The molecule has 34 heavy (non-hydrogen) atoms. The van der Waals surface area contributed by atoms with Crippen LogP contribution in [-0.4, -0.2) is 28.6 Å². The van der Waals surface area contributed by atoms with Crippen LogP contribution in [0.25, 0.3) is 11.0 Å². The van der Waals surface area contributed by atoms with Gasteiger partial charge >= 0.3 is 0 Å². The van der Waals surface area contributed by atoms with E-state index in [0.29, 0.717) is 18.7 Å². The van der Waals surface area contributed by atoms with Gasteiger partial charge in [-0.15, -0.1) is 0 Å². The number of imidazole rings is 1. The van der Waals surface area contributed by atoms with E-state index in [2.05, 4.69) is 76.1 Å². The Hall–Kier alpha value is -3.12. The molecule has 0 saturated heterocycles. The van der Waals surface area contributed by atoms with Gasteiger partial charge < -0.3 is 14.6 Å². The van der Waals surface area contributed by atoms with Gasteiger partial charge in [-0.2, -0.15) is 0 Å². The molecular formula is C28H30BrN3O2. The van der Waals surface area contributed by atoms with Crippen LogP contribution in [0.4, 0.5) is 0 Å². The molecule has 4 aromatic rings. The average molecular weight is 520 g/mol. The zero-order chi connectivity index (χ0) is 23.9. The van der Waals surface area contributed by atoms with E-state index in [1.807, 2.05) is 30.3 Å². The Morgan fingerprint density at radius 2 is 1.71 bits per heavy atom. The van der Waals surface area contributed by atoms with E-state index >= 15 is 0 Å². The number of hydrogen-bond acceptors (Lipinski definition) is 3. The molecule has 0 aliphatic rings. The van der Waals surface area contributed by atoms with E-state index < -0.39 is 0 Å². The van der Waals surface area contributed by atoms with Crippen molar-refractivity contribution in [3.05, 3.63) is 93.7 Å². The lowest BCUT2D eigenvalue weighted by Gasteiger charge is -2.13. The summed E-state index contributed by atoms with van der Waals surface area (Å²) >= 11 is 3.40. The highest BCUT2D eigenvalue weighted by atomic mass is 79.9. The molecule has 0 aliphatic heterocycles. The second-order valence-corrected chi connectivity index (χ2v) is 9.37. The summed E-state index contributed by atoms with van der Waals surface area (Å²) < 4.78 is 9.36. The Kier molecular flexibility index (Phi) is 8.01. The van der Waals surface area contributed by atoms with Gasteiger partial charge in [0, 0.05) is 29.5 Å². The molecule has 3 aromatic carbocycles. The molecule has 6 heteroatoms. The number of rotatable bonds is 10. The Balaban J connectivity index is 1.34. The summed E-state index contributed by atoms with van der Waals surface area (Å²) in [5.41, 5.74) is 5.15. The SMILES string of the molecule is Cc1cccc(C)c1OCCCn1c(CCCNC(=O)c2ccc(Br)cc2)nc2ccccc21. The van der Waals surface area contributed by atoms with Crippen molar-refractivity contribution < 1.29 is 9.53 Å². The molecule has 0 unspecified atom stereocenters. The number of aryl methyl sites for hydroxylation is 4. The van der Waals surface area contributed by atoms with Gasteiger partial charge in [0.2, 0.25) is 0 Å². The van der Waals surface area contributed by atoms with Gasteiger partial charge in [-0.05, 0) is 74.2 Å². The van der Waals surface area contributed by atoms with Crippen LogP contribution in [0.3, 0.4) is 0 Å². The Labute approximate surface area is 209 Å². The van der Waals surface area contributed by atoms with Gasteiger partial charge in [0.15, 0.2) is 0 Å². The van der Waals surface area contributed by atoms with Crippen LogP contribution in [0.5, 0.6) is 5.75 Å². The summed E-state index contributed by atoms with van der Waals surface area (Å²) in [5.74, 6) is 1.98. The van der Waals surface area contributed by atoms with E-state index in [-0.39, 0.29) is 5.91 Å². The number of aromatic nitrogens is 2. The van der Waals surface area contributed by atoms with Crippen LogP contribution in [0, 0.1) is 13.8 Å². The first-order valence-electron chi connectivity index (χ1n) is 11.7. The highest BCUT2D eigenvalue weighted by molar-refractivity contribution is 9.10. The van der Waals surface area contributed by atoms with Crippen molar-refractivity contribution >= 4 is 32.9 Å². The predicted octanol–water partition coefficient (Wildman–Crippen LogP) is 6.25. The second-order valence-electron chi connectivity index (χ2n) is 8.46. The fourth-order valence-electron chi connectivity index (χ4n) is 4.14. The van der Waals surface area contributed by atoms with Gasteiger partial charge in [0.1, 0.15) is 11.6 Å². The van der Waals surface area contributed by atoms with Crippen molar-refractivity contribution in [2.24, 2.45) is 0 Å². The van der Waals surface area contributed by atoms with Crippen molar-refractivity contribution in [1.29, 1.82) is 0 Å². The molecule has 0 aliphatic carbocycles. The largest absolute Gasteiger partial charge is 0.493 e. The highest BCUT2D eigenvalue weighted by Gasteiger charge is 2.11. The topological polar surface area (TPSA) is 56.1 Å². The zero-order valence-corrected chi connectivity index (χ0v) is 21.3. The number of nitrogens with one attached hydrogen (secondary N) is 1. The summed E-state index contributed by atoms with van der Waals surface area (Å²) in [6, 6.07) is 21.9. The third-order valence-corrected chi connectivity index (χ3v) is 6.41. The number of para-hydroxylation sites is 3. The number of fused-ring (bicyclic) bond motifs is 1. The lowest BCUT2D eigenvalue weighted by molar-refractivity contribution is 0.0953. The maximum absolute atomic E-state index is 12.4. The molecular weight excluding hydrogens is 490 g/mol. The van der Waals surface area contributed by atoms with Gasteiger partial charge in [-0.25, -0.2) is 4.98 Å². The second kappa shape index (κ2) is 11.3. The van der Waals surface area contributed by atoms with Gasteiger partial charge in [0.25, 0.3) is 5.91 Å². The zero-order valence-electron chi connectivity index (χ0n) is 19.7. The fourth-order valence-corrected chi connectivity index (χ4v) is 4.41. The number of halogens is 1. The minimum Gasteiger partial charge on any atom is -0.493 e. The van der Waals surface area contributed by atoms with E-state index in [4.69, 9.17) is 9.72 Å². The quantitative estimate of drug-likeness (QED) is 0.252. The van der Waals surface area contributed by atoms with Crippen LogP contribution < -0.4 is 10.1 Å². The van der Waals surface area contributed by atoms with Gasteiger partial charge in [-0.1, -0.05) is 46.3 Å². The molecule has 0 atom stereocenters. The summed E-state index contributed by atoms with van der Waals surface area (Å²) in [5, 5.41) is 3.01. The average Bonchev–Trinajstić information content (AvgIpc) is 3.18. The molecule has 5 nitrogen and oxygen atoms in total. The van der Waals surface area contributed by atoms with Crippen LogP contribution in [0.2, 0.25) is 0 Å². The molecule has 1 N–H and O–H groups in total. The van der Waals surface area contributed by atoms with Crippen molar-refractivity contribution in [3.63, 3.8) is 0 Å². The van der Waals surface area contributed by atoms with Crippen molar-refractivity contribution in [3.8, 4) is 5.75 Å². The standard InChI is InChI=1S/C28H30BrN3O2/c1-20-8-5-9-21(2)27(20)34-19-7-18-32-25-11-4-3-10-24(25)31-26(32)12-6-17-30-28(33)22-13-15-23(29)16-14-22/h3-5,8-11,13-16H,6-7,12,17-19H2,1-2H3,(H,30,33). The van der Waals surface area contributed by atoms with E-state index in [1.165, 1.54) is 11.1 Å². The molecule has 0 saturated carbocycles. The van der Waals surface area contributed by atoms with Crippen molar-refractivity contribution in [2.75, 3.05) is 13.2 Å². The van der Waals surface area contributed by atoms with Crippen molar-refractivity contribution in [2.45, 2.75) is 39.7 Å². The Bertz CT molecular complexity index is 1240. The van der Waals surface area contributed by atoms with E-state index in [0.717, 1.165) is 52.9 Å². The first-order valence-corrected chi connectivity index (χ1v) is 12.5. The number of benzene rings is 3. The Morgan fingerprint density at radius 3 is 2.47 bits per heavy atom. The molecule has 0 fully saturated rings. The number of amides is 1. The number of carbonyl (C=O) groups excluding carboxylic acids is 1. The maximum atomic E-state index is 12.4. The summed E-state index contributed by atoms with van der Waals surface area (Å²) in [6.07, 6.45) is 2.51. The van der Waals surface area contributed by atoms with E-state index in [1.54, 1.807) is 0 Å². The minimum atomic E-state index is -0.0512. The molecule has 0 radical (unpaired) electrons. The molecule has 4 rings (SSSR count). The minimum absolute atomic E-state index is 0.0512. The third kappa shape index (κ3) is 5.86. The molecule has 1 amide bonds. The number of nitrogens with zero attached hydrogens (tertiary/aromatic N) is 2. The number of hydrogen-bond donors (Lipinski definition) is 1. The lowest BCUT2D eigenvalue weighted by atomic mass is 10.1. The van der Waals surface area contributed by atoms with Gasteiger partial charge in [-0.3, -0.25) is 4.79 Å². The molecule has 0 spiro atoms. The van der Waals surface area contributed by atoms with Gasteiger partial charge in [0.05, 0.1) is 17.6 Å². The Morgan fingerprint density at radius 1 is 0.971 bits per heavy atom. The van der Waals surface area contributed by atoms with Crippen molar-refractivity contribution in [1.82, 2.24) is 14.9 Å². The number of ether oxygens (including phenoxy) is 1. The highest BCUT2D eigenvalue weighted by Crippen LogP contribution is 2.23. The summed E-state index contributed by atoms with van der Waals surface area (Å²) in [6.45, 7) is 6.26. The smallest absolute Gasteiger partial charge is 0.251 e. The maximum Gasteiger partial charge on any atom is 0.251 e. The third-order valence-electron chi connectivity index (χ3n) is 5.88.